The molecule has 0 aliphatic carbocycles. The zero-order valence-electron chi connectivity index (χ0n) is 18.7. The Balaban J connectivity index is 1.69. The molecule has 0 aromatic heterocycles. The first-order chi connectivity index (χ1) is 14.2. The van der Waals surface area contributed by atoms with E-state index in [9.17, 15) is 0 Å². The van der Waals surface area contributed by atoms with Gasteiger partial charge in [-0.25, -0.2) is 0 Å². The second-order valence-corrected chi connectivity index (χ2v) is 9.35. The molecule has 0 radical (unpaired) electrons. The lowest BCUT2D eigenvalue weighted by Gasteiger charge is -2.32. The second-order valence-electron chi connectivity index (χ2n) is 9.35. The van der Waals surface area contributed by atoms with E-state index in [0.29, 0.717) is 0 Å². The molecule has 0 N–H and O–H groups in total. The highest BCUT2D eigenvalue weighted by atomic mass is 16.7. The summed E-state index contributed by atoms with van der Waals surface area (Å²) in [6.45, 7) is 10.6. The van der Waals surface area contributed by atoms with Crippen molar-refractivity contribution in [3.05, 3.63) is 90.0 Å². The predicted octanol–water partition coefficient (Wildman–Crippen LogP) is 7.12. The molecule has 1 saturated heterocycles. The highest BCUT2D eigenvalue weighted by Gasteiger charge is 2.51. The minimum absolute atomic E-state index is 0.199. The van der Waals surface area contributed by atoms with Crippen LogP contribution in [0, 0.1) is 0 Å². The lowest BCUT2D eigenvalue weighted by molar-refractivity contribution is 0.00578. The Morgan fingerprint density at radius 1 is 0.833 bits per heavy atom. The summed E-state index contributed by atoms with van der Waals surface area (Å²) < 4.78 is 12.7. The van der Waals surface area contributed by atoms with E-state index in [2.05, 4.69) is 113 Å². The second kappa shape index (κ2) is 8.05. The number of hydrogen-bond acceptors (Lipinski definition) is 2. The lowest BCUT2D eigenvalue weighted by atomic mass is 9.73. The van der Waals surface area contributed by atoms with Crippen LogP contribution in [0.25, 0.3) is 16.3 Å². The number of rotatable bonds is 5. The molecule has 0 spiro atoms. The van der Waals surface area contributed by atoms with Gasteiger partial charge in [-0.15, -0.1) is 0 Å². The smallest absolute Gasteiger partial charge is 0.403 e. The molecule has 1 unspecified atom stereocenters. The van der Waals surface area contributed by atoms with E-state index in [4.69, 9.17) is 9.31 Å². The van der Waals surface area contributed by atoms with Crippen molar-refractivity contribution in [1.29, 1.82) is 0 Å². The van der Waals surface area contributed by atoms with Gasteiger partial charge in [0.05, 0.1) is 11.2 Å². The van der Waals surface area contributed by atoms with E-state index in [1.807, 2.05) is 0 Å². The normalized spacial score (nSPS) is 19.2. The molecule has 1 heterocycles. The third-order valence-corrected chi connectivity index (χ3v) is 6.63. The maximum Gasteiger partial charge on any atom is 0.458 e. The van der Waals surface area contributed by atoms with Crippen molar-refractivity contribution < 1.29 is 9.31 Å². The van der Waals surface area contributed by atoms with Crippen LogP contribution in [0.3, 0.4) is 0 Å². The molecule has 1 aliphatic rings. The molecule has 0 amide bonds. The zero-order valence-corrected chi connectivity index (χ0v) is 18.7. The summed E-state index contributed by atoms with van der Waals surface area (Å²) in [5.41, 5.74) is 3.18. The summed E-state index contributed by atoms with van der Waals surface area (Å²) in [4.78, 5) is 0. The monoisotopic (exact) mass is 398 g/mol. The number of allylic oxidation sites excluding steroid dienone is 2. The Morgan fingerprint density at radius 2 is 1.43 bits per heavy atom. The zero-order chi connectivity index (χ0) is 21.4. The van der Waals surface area contributed by atoms with E-state index in [1.54, 1.807) is 0 Å². The van der Waals surface area contributed by atoms with Crippen molar-refractivity contribution >= 4 is 23.5 Å². The first kappa shape index (κ1) is 20.9. The Morgan fingerprint density at radius 3 is 2.10 bits per heavy atom. The topological polar surface area (TPSA) is 18.5 Å². The van der Waals surface area contributed by atoms with Crippen molar-refractivity contribution in [3.8, 4) is 0 Å². The molecule has 1 atom stereocenters. The summed E-state index contributed by atoms with van der Waals surface area (Å²) in [6, 6.07) is 25.9. The molecule has 4 rings (SSSR count). The molecule has 0 saturated carbocycles. The summed E-state index contributed by atoms with van der Waals surface area (Å²) in [6.07, 6.45) is 3.15. The van der Waals surface area contributed by atoms with Gasteiger partial charge in [0.25, 0.3) is 0 Å². The maximum atomic E-state index is 6.34. The fourth-order valence-electron chi connectivity index (χ4n) is 4.11. The molecular formula is C27H31BO2. The van der Waals surface area contributed by atoms with Gasteiger partial charge < -0.3 is 9.31 Å². The summed E-state index contributed by atoms with van der Waals surface area (Å²) in [7, 11) is -0.230. The van der Waals surface area contributed by atoms with Crippen LogP contribution in [0.15, 0.2) is 78.9 Å². The average molecular weight is 398 g/mol. The van der Waals surface area contributed by atoms with Crippen molar-refractivity contribution in [2.75, 3.05) is 0 Å². The van der Waals surface area contributed by atoms with Crippen LogP contribution in [0.5, 0.6) is 0 Å². The minimum Gasteiger partial charge on any atom is -0.403 e. The van der Waals surface area contributed by atoms with Crippen LogP contribution in [-0.4, -0.2) is 18.3 Å². The van der Waals surface area contributed by atoms with Gasteiger partial charge in [-0.3, -0.25) is 0 Å². The molecule has 30 heavy (non-hydrogen) atoms. The lowest BCUT2D eigenvalue weighted by Crippen LogP contribution is -2.41. The molecule has 3 aromatic carbocycles. The van der Waals surface area contributed by atoms with Crippen LogP contribution < -0.4 is 0 Å². The third kappa shape index (κ3) is 4.24. The van der Waals surface area contributed by atoms with Crippen LogP contribution in [0.1, 0.15) is 51.7 Å². The van der Waals surface area contributed by atoms with Crippen LogP contribution in [0.2, 0.25) is 6.32 Å². The summed E-state index contributed by atoms with van der Waals surface area (Å²) in [5, 5.41) is 2.53. The van der Waals surface area contributed by atoms with Gasteiger partial charge in [0.1, 0.15) is 0 Å². The molecule has 3 aromatic rings. The fraction of sp³-hybridized carbons (Fsp3) is 0.333. The average Bonchev–Trinajstić information content (AvgIpc) is 2.93. The molecule has 1 aliphatic heterocycles. The van der Waals surface area contributed by atoms with Gasteiger partial charge in [0.2, 0.25) is 0 Å². The Labute approximate surface area is 181 Å². The first-order valence-electron chi connectivity index (χ1n) is 10.8. The summed E-state index contributed by atoms with van der Waals surface area (Å²) in [5.74, 6) is 0.199. The highest BCUT2D eigenvalue weighted by molar-refractivity contribution is 6.45. The van der Waals surface area contributed by atoms with E-state index < -0.39 is 0 Å². The SMILES string of the molecule is C/C(=C\C(CB1OC(C)(C)C(C)(C)O1)c1ccc2ccccc2c1)c1ccccc1. The van der Waals surface area contributed by atoms with Crippen molar-refractivity contribution in [3.63, 3.8) is 0 Å². The van der Waals surface area contributed by atoms with E-state index >= 15 is 0 Å². The van der Waals surface area contributed by atoms with E-state index in [1.165, 1.54) is 27.5 Å². The number of hydrogen-bond donors (Lipinski definition) is 0. The van der Waals surface area contributed by atoms with E-state index in [0.717, 1.165) is 6.32 Å². The van der Waals surface area contributed by atoms with Crippen molar-refractivity contribution in [1.82, 2.24) is 0 Å². The highest BCUT2D eigenvalue weighted by Crippen LogP contribution is 2.40. The Hall–Kier alpha value is -2.36. The summed E-state index contributed by atoms with van der Waals surface area (Å²) >= 11 is 0. The molecule has 0 bridgehead atoms. The quantitative estimate of drug-likeness (QED) is 0.426. The van der Waals surface area contributed by atoms with Gasteiger partial charge in [0.15, 0.2) is 0 Å². The minimum atomic E-state index is -0.316. The molecule has 1 fully saturated rings. The van der Waals surface area contributed by atoms with Gasteiger partial charge in [-0.2, -0.15) is 0 Å². The molecule has 2 nitrogen and oxygen atoms in total. The fourth-order valence-corrected chi connectivity index (χ4v) is 4.11. The standard InChI is InChI=1S/C27H31BO2/c1-20(21-11-7-6-8-12-21)17-25(19-28-29-26(2,3)27(4,5)30-28)24-16-15-22-13-9-10-14-23(22)18-24/h6-18,25H,19H2,1-5H3/b20-17+. The van der Waals surface area contributed by atoms with Crippen molar-refractivity contribution in [2.45, 2.75) is 58.1 Å². The maximum absolute atomic E-state index is 6.34. The van der Waals surface area contributed by atoms with Gasteiger partial charge in [-0.05, 0) is 68.4 Å². The molecule has 3 heteroatoms. The van der Waals surface area contributed by atoms with Gasteiger partial charge in [0, 0.05) is 5.92 Å². The molecular weight excluding hydrogens is 367 g/mol. The van der Waals surface area contributed by atoms with Crippen LogP contribution in [-0.2, 0) is 9.31 Å². The van der Waals surface area contributed by atoms with E-state index in [-0.39, 0.29) is 24.2 Å². The largest absolute Gasteiger partial charge is 0.458 e. The van der Waals surface area contributed by atoms with Crippen LogP contribution >= 0.6 is 0 Å². The van der Waals surface area contributed by atoms with Crippen molar-refractivity contribution in [2.24, 2.45) is 0 Å². The molecule has 154 valence electrons. The Bertz CT molecular complexity index is 1040. The third-order valence-electron chi connectivity index (χ3n) is 6.63. The first-order valence-corrected chi connectivity index (χ1v) is 10.8. The number of benzene rings is 3. The van der Waals surface area contributed by atoms with Crippen LogP contribution in [0.4, 0.5) is 0 Å². The van der Waals surface area contributed by atoms with Gasteiger partial charge >= 0.3 is 7.12 Å². The van der Waals surface area contributed by atoms with Gasteiger partial charge in [-0.1, -0.05) is 78.9 Å². The number of fused-ring (bicyclic) bond motifs is 1. The Kier molecular flexibility index (Phi) is 5.61. The predicted molar refractivity (Wildman–Crippen MR) is 128 cm³/mol.